The van der Waals surface area contributed by atoms with Crippen LogP contribution >= 0.6 is 0 Å². The van der Waals surface area contributed by atoms with Gasteiger partial charge in [0.25, 0.3) is 0 Å². The molecular weight excluding hydrogens is 667 g/mol. The van der Waals surface area contributed by atoms with Gasteiger partial charge >= 0.3 is 0 Å². The summed E-state index contributed by atoms with van der Waals surface area (Å²) in [7, 11) is 2.08. The molecule has 0 fully saturated rings. The second-order valence-corrected chi connectivity index (χ2v) is 14.7. The van der Waals surface area contributed by atoms with Gasteiger partial charge in [-0.3, -0.25) is 4.57 Å². The zero-order valence-electron chi connectivity index (χ0n) is 30.7. The van der Waals surface area contributed by atoms with Crippen LogP contribution in [0.2, 0.25) is 0 Å². The van der Waals surface area contributed by atoms with Crippen LogP contribution < -0.4 is 9.64 Å². The SMILES string of the molecule is CN1C=CN(c2cc(Oc3cc4c(cc3-c3nc(-c5ccccc5)nc(-c5ccccc5)n3)c3ccccc3n4-c3ccccn3)cc(C(C)(C)C)c2)C1. The van der Waals surface area contributed by atoms with E-state index in [0.29, 0.717) is 23.2 Å². The van der Waals surface area contributed by atoms with Gasteiger partial charge in [0, 0.05) is 65.4 Å². The number of nitrogens with zero attached hydrogens (tertiary/aromatic N) is 7. The monoisotopic (exact) mass is 705 g/mol. The number of benzene rings is 5. The molecule has 0 bridgehead atoms. The molecule has 1 aliphatic heterocycles. The smallest absolute Gasteiger partial charge is 0.167 e. The van der Waals surface area contributed by atoms with Crippen molar-refractivity contribution in [3.8, 4) is 51.5 Å². The van der Waals surface area contributed by atoms with Gasteiger partial charge in [0.15, 0.2) is 17.5 Å². The Hall–Kier alpha value is -6.80. The van der Waals surface area contributed by atoms with Crippen LogP contribution in [0.15, 0.2) is 152 Å². The lowest BCUT2D eigenvalue weighted by molar-refractivity contribution is 0.478. The zero-order chi connectivity index (χ0) is 36.8. The van der Waals surface area contributed by atoms with Crippen molar-refractivity contribution in [2.24, 2.45) is 0 Å². The van der Waals surface area contributed by atoms with Gasteiger partial charge in [0.05, 0.1) is 23.3 Å². The summed E-state index contributed by atoms with van der Waals surface area (Å²) in [6, 6.07) is 45.3. The van der Waals surface area contributed by atoms with Crippen LogP contribution in [0.25, 0.3) is 61.8 Å². The van der Waals surface area contributed by atoms with E-state index in [4.69, 9.17) is 24.7 Å². The van der Waals surface area contributed by atoms with Crippen molar-refractivity contribution in [1.29, 1.82) is 0 Å². The minimum atomic E-state index is -0.120. The Morgan fingerprint density at radius 2 is 1.28 bits per heavy atom. The summed E-state index contributed by atoms with van der Waals surface area (Å²) in [4.78, 5) is 24.5. The van der Waals surface area contributed by atoms with Crippen LogP contribution in [0.1, 0.15) is 26.3 Å². The molecule has 8 heteroatoms. The number of anilines is 1. The molecule has 54 heavy (non-hydrogen) atoms. The molecule has 9 rings (SSSR count). The molecule has 0 saturated heterocycles. The van der Waals surface area contributed by atoms with Crippen LogP contribution in [0.5, 0.6) is 11.5 Å². The minimum absolute atomic E-state index is 0.120. The predicted molar refractivity (Wildman–Crippen MR) is 218 cm³/mol. The average molecular weight is 706 g/mol. The summed E-state index contributed by atoms with van der Waals surface area (Å²) in [6.45, 7) is 7.44. The number of rotatable bonds is 7. The van der Waals surface area contributed by atoms with Gasteiger partial charge in [-0.05, 0) is 47.4 Å². The molecule has 264 valence electrons. The average Bonchev–Trinajstić information content (AvgIpc) is 3.78. The highest BCUT2D eigenvalue weighted by Gasteiger charge is 2.24. The lowest BCUT2D eigenvalue weighted by Crippen LogP contribution is -2.22. The van der Waals surface area contributed by atoms with E-state index >= 15 is 0 Å². The molecule has 0 saturated carbocycles. The van der Waals surface area contributed by atoms with Gasteiger partial charge in [0.1, 0.15) is 17.3 Å². The van der Waals surface area contributed by atoms with Crippen molar-refractivity contribution in [1.82, 2.24) is 29.4 Å². The van der Waals surface area contributed by atoms with Gasteiger partial charge in [-0.25, -0.2) is 19.9 Å². The van der Waals surface area contributed by atoms with E-state index in [2.05, 4.69) is 109 Å². The summed E-state index contributed by atoms with van der Waals surface area (Å²) >= 11 is 0. The topological polar surface area (TPSA) is 72.2 Å². The van der Waals surface area contributed by atoms with E-state index in [0.717, 1.165) is 62.4 Å². The van der Waals surface area contributed by atoms with Crippen LogP contribution in [0.4, 0.5) is 5.69 Å². The minimum Gasteiger partial charge on any atom is -0.456 e. The highest BCUT2D eigenvalue weighted by Crippen LogP contribution is 2.43. The third-order valence-electron chi connectivity index (χ3n) is 9.79. The molecule has 0 spiro atoms. The summed E-state index contributed by atoms with van der Waals surface area (Å²) in [5.74, 6) is 3.86. The molecule has 8 aromatic rings. The third kappa shape index (κ3) is 6.21. The summed E-state index contributed by atoms with van der Waals surface area (Å²) in [5, 5.41) is 2.13. The van der Waals surface area contributed by atoms with E-state index in [1.165, 1.54) is 5.56 Å². The van der Waals surface area contributed by atoms with Gasteiger partial charge < -0.3 is 14.5 Å². The number of hydrogen-bond acceptors (Lipinski definition) is 7. The number of para-hydroxylation sites is 1. The Bertz CT molecular complexity index is 2610. The van der Waals surface area contributed by atoms with Gasteiger partial charge in [-0.2, -0.15) is 0 Å². The Morgan fingerprint density at radius 1 is 0.611 bits per heavy atom. The Kier molecular flexibility index (Phi) is 8.15. The van der Waals surface area contributed by atoms with Crippen molar-refractivity contribution >= 4 is 27.5 Å². The normalized spacial score (nSPS) is 13.0. The van der Waals surface area contributed by atoms with Crippen LogP contribution in [0, 0.1) is 0 Å². The van der Waals surface area contributed by atoms with E-state index < -0.39 is 0 Å². The molecule has 0 atom stereocenters. The van der Waals surface area contributed by atoms with Crippen LogP contribution in [0.3, 0.4) is 0 Å². The predicted octanol–water partition coefficient (Wildman–Crippen LogP) is 10.6. The molecule has 0 radical (unpaired) electrons. The van der Waals surface area contributed by atoms with Crippen LogP contribution in [-0.4, -0.2) is 43.1 Å². The lowest BCUT2D eigenvalue weighted by Gasteiger charge is -2.25. The first kappa shape index (κ1) is 33.1. The second-order valence-electron chi connectivity index (χ2n) is 14.7. The molecule has 0 aliphatic carbocycles. The lowest BCUT2D eigenvalue weighted by atomic mass is 9.86. The molecule has 1 aliphatic rings. The summed E-state index contributed by atoms with van der Waals surface area (Å²) < 4.78 is 9.31. The molecule has 8 nitrogen and oxygen atoms in total. The zero-order valence-corrected chi connectivity index (χ0v) is 30.7. The van der Waals surface area contributed by atoms with Crippen molar-refractivity contribution in [3.63, 3.8) is 0 Å². The first-order valence-corrected chi connectivity index (χ1v) is 18.1. The second kappa shape index (κ2) is 13.3. The van der Waals surface area contributed by atoms with E-state index in [1.54, 1.807) is 0 Å². The first-order chi connectivity index (χ1) is 26.3. The Balaban J connectivity index is 1.32. The molecular formula is C46H39N7O. The number of aromatic nitrogens is 5. The van der Waals surface area contributed by atoms with E-state index in [1.807, 2.05) is 85.1 Å². The van der Waals surface area contributed by atoms with Gasteiger partial charge in [0.2, 0.25) is 0 Å². The number of fused-ring (bicyclic) bond motifs is 3. The molecule has 4 heterocycles. The quantitative estimate of drug-likeness (QED) is 0.163. The molecule has 0 N–H and O–H groups in total. The summed E-state index contributed by atoms with van der Waals surface area (Å²) in [5.41, 5.74) is 6.67. The summed E-state index contributed by atoms with van der Waals surface area (Å²) in [6.07, 6.45) is 6.02. The maximum atomic E-state index is 7.11. The molecule has 0 unspecified atom stereocenters. The Labute approximate surface area is 314 Å². The molecule has 3 aromatic heterocycles. The maximum absolute atomic E-state index is 7.11. The van der Waals surface area contributed by atoms with Crippen molar-refractivity contribution in [2.45, 2.75) is 26.2 Å². The van der Waals surface area contributed by atoms with Crippen molar-refractivity contribution in [2.75, 3.05) is 18.6 Å². The number of pyridine rings is 1. The van der Waals surface area contributed by atoms with Crippen molar-refractivity contribution in [3.05, 3.63) is 158 Å². The maximum Gasteiger partial charge on any atom is 0.167 e. The molecule has 5 aromatic carbocycles. The Morgan fingerprint density at radius 3 is 1.93 bits per heavy atom. The first-order valence-electron chi connectivity index (χ1n) is 18.1. The number of ether oxygens (including phenoxy) is 1. The molecule has 0 amide bonds. The fraction of sp³-hybridized carbons (Fsp3) is 0.130. The van der Waals surface area contributed by atoms with E-state index in [9.17, 15) is 0 Å². The van der Waals surface area contributed by atoms with Crippen LogP contribution in [-0.2, 0) is 5.41 Å². The van der Waals surface area contributed by atoms with Gasteiger partial charge in [-0.1, -0.05) is 106 Å². The fourth-order valence-corrected chi connectivity index (χ4v) is 6.98. The standard InChI is InChI=1S/C46H39N7O/c1-46(2,3)33-25-34(52-24-23-51(4)30-52)27-35(26-33)54-41-29-40-37(36-19-11-12-20-39(36)53(40)42-21-13-14-22-47-42)28-38(41)45-49-43(31-15-7-5-8-16-31)48-44(50-45)32-17-9-6-10-18-32/h5-29H,30H2,1-4H3. The van der Waals surface area contributed by atoms with E-state index in [-0.39, 0.29) is 5.41 Å². The largest absolute Gasteiger partial charge is 0.456 e. The van der Waals surface area contributed by atoms with Crippen molar-refractivity contribution < 1.29 is 4.74 Å². The van der Waals surface area contributed by atoms with Gasteiger partial charge in [-0.15, -0.1) is 0 Å². The highest BCUT2D eigenvalue weighted by atomic mass is 16.5. The third-order valence-corrected chi connectivity index (χ3v) is 9.79. The number of hydrogen-bond donors (Lipinski definition) is 0. The fourth-order valence-electron chi connectivity index (χ4n) is 6.98. The highest BCUT2D eigenvalue weighted by molar-refractivity contribution is 6.11.